The zero-order valence-electron chi connectivity index (χ0n) is 9.37. The van der Waals surface area contributed by atoms with Gasteiger partial charge in [-0.05, 0) is 19.3 Å². The molecule has 98 valence electrons. The number of hydrogen-bond donors (Lipinski definition) is 0. The number of aliphatic carboxylic acids is 3. The summed E-state index contributed by atoms with van der Waals surface area (Å²) in [6.45, 7) is 4.61. The summed E-state index contributed by atoms with van der Waals surface area (Å²) in [6, 6.07) is 0. The Balaban J connectivity index is -0.0000000655. The Kier molecular flexibility index (Phi) is 30.0. The molecule has 7 heteroatoms. The van der Waals surface area contributed by atoms with E-state index >= 15 is 0 Å². The van der Waals surface area contributed by atoms with Crippen molar-refractivity contribution >= 4 is 17.9 Å². The maximum atomic E-state index is 9.26. The van der Waals surface area contributed by atoms with Crippen molar-refractivity contribution in [1.29, 1.82) is 0 Å². The average Bonchev–Trinajstić information content (AvgIpc) is 2.19. The van der Waals surface area contributed by atoms with Crippen LogP contribution >= 0.6 is 0 Å². The molecule has 0 saturated heterocycles. The summed E-state index contributed by atoms with van der Waals surface area (Å²) in [5, 5.41) is 27.8. The van der Waals surface area contributed by atoms with Gasteiger partial charge >= 0.3 is 22.4 Å². The molecule has 0 heterocycles. The molecular formula is C9H15AuO6. The molecule has 0 bridgehead atoms. The summed E-state index contributed by atoms with van der Waals surface area (Å²) in [5.74, 6) is -2.99. The van der Waals surface area contributed by atoms with Crippen LogP contribution in [0.1, 0.15) is 40.0 Å². The van der Waals surface area contributed by atoms with E-state index in [0.717, 1.165) is 0 Å². The van der Waals surface area contributed by atoms with Crippen molar-refractivity contribution in [3.63, 3.8) is 0 Å². The van der Waals surface area contributed by atoms with Gasteiger partial charge in [-0.15, -0.1) is 0 Å². The summed E-state index contributed by atoms with van der Waals surface area (Å²) in [6.07, 6.45) is 0.333. The number of carboxylic acid groups (broad SMARTS) is 3. The summed E-state index contributed by atoms with van der Waals surface area (Å²) in [5.41, 5.74) is 0. The second kappa shape index (κ2) is 19.7. The number of rotatable bonds is 3. The molecule has 0 aliphatic rings. The van der Waals surface area contributed by atoms with Crippen LogP contribution in [0.5, 0.6) is 0 Å². The maximum absolute atomic E-state index is 9.26. The second-order valence-electron chi connectivity index (χ2n) is 2.18. The molecule has 0 N–H and O–H groups in total. The fraction of sp³-hybridized carbons (Fsp3) is 0.667. The van der Waals surface area contributed by atoms with Crippen LogP contribution in [-0.4, -0.2) is 17.9 Å². The molecule has 0 aromatic carbocycles. The number of carboxylic acids is 3. The van der Waals surface area contributed by atoms with Gasteiger partial charge in [-0.2, -0.15) is 0 Å². The molecular weight excluding hydrogens is 401 g/mol. The molecule has 0 aliphatic carbocycles. The van der Waals surface area contributed by atoms with E-state index in [1.165, 1.54) is 20.8 Å². The van der Waals surface area contributed by atoms with Crippen molar-refractivity contribution in [3.8, 4) is 0 Å². The minimum Gasteiger partial charge on any atom is -0.550 e. The third kappa shape index (κ3) is 73.2. The Labute approximate surface area is 110 Å². The van der Waals surface area contributed by atoms with E-state index in [0.29, 0.717) is 0 Å². The van der Waals surface area contributed by atoms with Crippen molar-refractivity contribution in [2.24, 2.45) is 0 Å². The third-order valence-electron chi connectivity index (χ3n) is 0.866. The van der Waals surface area contributed by atoms with Gasteiger partial charge in [0.1, 0.15) is 0 Å². The van der Waals surface area contributed by atoms with Crippen LogP contribution in [0.3, 0.4) is 0 Å². The zero-order chi connectivity index (χ0) is 12.9. The van der Waals surface area contributed by atoms with Crippen molar-refractivity contribution in [3.05, 3.63) is 0 Å². The molecule has 0 aliphatic heterocycles. The van der Waals surface area contributed by atoms with Crippen LogP contribution in [0.2, 0.25) is 0 Å². The SMILES string of the molecule is CCC(=O)[O-].CCC(=O)[O-].CCC(=O)[O-].[Au+3]. The quantitative estimate of drug-likeness (QED) is 0.467. The van der Waals surface area contributed by atoms with Crippen LogP contribution in [0, 0.1) is 0 Å². The molecule has 0 unspecified atom stereocenters. The molecule has 0 aromatic heterocycles. The van der Waals surface area contributed by atoms with Gasteiger partial charge in [-0.3, -0.25) is 0 Å². The first-order valence-electron chi connectivity index (χ1n) is 4.41. The summed E-state index contributed by atoms with van der Waals surface area (Å²) in [7, 11) is 0. The first-order valence-corrected chi connectivity index (χ1v) is 4.41. The van der Waals surface area contributed by atoms with Crippen LogP contribution < -0.4 is 15.3 Å². The van der Waals surface area contributed by atoms with Gasteiger partial charge in [0.25, 0.3) is 0 Å². The minimum absolute atomic E-state index is 0. The van der Waals surface area contributed by atoms with E-state index in [1.807, 2.05) is 0 Å². The molecule has 0 fully saturated rings. The topological polar surface area (TPSA) is 120 Å². The van der Waals surface area contributed by atoms with Crippen LogP contribution in [0.25, 0.3) is 0 Å². The zero-order valence-corrected chi connectivity index (χ0v) is 11.5. The van der Waals surface area contributed by atoms with E-state index in [9.17, 15) is 29.7 Å². The van der Waals surface area contributed by atoms with Gasteiger partial charge in [0.05, 0.1) is 0 Å². The summed E-state index contributed by atoms with van der Waals surface area (Å²) in [4.78, 5) is 27.8. The smallest absolute Gasteiger partial charge is 0.550 e. The molecule has 0 spiro atoms. The molecule has 0 saturated carbocycles. The fourth-order valence-corrected chi connectivity index (χ4v) is 0. The van der Waals surface area contributed by atoms with E-state index < -0.39 is 17.9 Å². The van der Waals surface area contributed by atoms with E-state index in [4.69, 9.17) is 0 Å². The van der Waals surface area contributed by atoms with Crippen LogP contribution in [0.15, 0.2) is 0 Å². The largest absolute Gasteiger partial charge is 3.00 e. The van der Waals surface area contributed by atoms with Gasteiger partial charge < -0.3 is 29.7 Å². The Hall–Kier alpha value is -0.850. The van der Waals surface area contributed by atoms with Gasteiger partial charge in [0.2, 0.25) is 0 Å². The Bertz CT molecular complexity index is 159. The Morgan fingerprint density at radius 2 is 0.750 bits per heavy atom. The predicted molar refractivity (Wildman–Crippen MR) is 45.9 cm³/mol. The molecule has 0 rings (SSSR count). The molecule has 0 amide bonds. The van der Waals surface area contributed by atoms with Crippen molar-refractivity contribution in [2.75, 3.05) is 0 Å². The standard InChI is InChI=1S/3C3H6O2.Au/c3*1-2-3(4)5;/h3*2H2,1H3,(H,4,5);/q;;;+3/p-3. The van der Waals surface area contributed by atoms with Gasteiger partial charge in [0, 0.05) is 17.9 Å². The maximum Gasteiger partial charge on any atom is 3.00 e. The fourth-order valence-electron chi connectivity index (χ4n) is 0. The second-order valence-corrected chi connectivity index (χ2v) is 2.18. The van der Waals surface area contributed by atoms with Crippen molar-refractivity contribution < 1.29 is 52.1 Å². The van der Waals surface area contributed by atoms with E-state index in [-0.39, 0.29) is 41.6 Å². The van der Waals surface area contributed by atoms with Gasteiger partial charge in [-0.25, -0.2) is 0 Å². The summed E-state index contributed by atoms with van der Waals surface area (Å²) >= 11 is 0. The number of hydrogen-bond acceptors (Lipinski definition) is 6. The molecule has 6 nitrogen and oxygen atoms in total. The first-order chi connectivity index (χ1) is 6.81. The molecule has 0 atom stereocenters. The normalized spacial score (nSPS) is 6.94. The average molecular weight is 416 g/mol. The van der Waals surface area contributed by atoms with Crippen molar-refractivity contribution in [2.45, 2.75) is 40.0 Å². The van der Waals surface area contributed by atoms with Crippen LogP contribution in [0.4, 0.5) is 0 Å². The number of carbonyl (C=O) groups excluding carboxylic acids is 3. The van der Waals surface area contributed by atoms with Crippen molar-refractivity contribution in [1.82, 2.24) is 0 Å². The first kappa shape index (κ1) is 24.4. The molecule has 0 aromatic rings. The molecule has 0 radical (unpaired) electrons. The monoisotopic (exact) mass is 416 g/mol. The molecule has 16 heavy (non-hydrogen) atoms. The minimum atomic E-state index is -0.995. The summed E-state index contributed by atoms with van der Waals surface area (Å²) < 4.78 is 0. The number of carbonyl (C=O) groups is 3. The van der Waals surface area contributed by atoms with Gasteiger partial charge in [-0.1, -0.05) is 20.8 Å². The Morgan fingerprint density at radius 3 is 0.750 bits per heavy atom. The Morgan fingerprint density at radius 1 is 0.688 bits per heavy atom. The third-order valence-corrected chi connectivity index (χ3v) is 0.866. The van der Waals surface area contributed by atoms with Crippen LogP contribution in [-0.2, 0) is 36.8 Å². The van der Waals surface area contributed by atoms with E-state index in [1.54, 1.807) is 0 Å². The van der Waals surface area contributed by atoms with E-state index in [2.05, 4.69) is 0 Å². The van der Waals surface area contributed by atoms with Gasteiger partial charge in [0.15, 0.2) is 0 Å². The predicted octanol–water partition coefficient (Wildman–Crippen LogP) is -2.56.